The molecule has 0 fully saturated rings. The molecule has 0 aliphatic heterocycles. The Balaban J connectivity index is 2.09. The standard InChI is InChI=1S/C11H7Cl2N3S/c12-9-3-7(5-14)4-11(16-9)15-6-8-1-2-10(13)17-8/h1-4H,6H2,(H,15,16). The molecular weight excluding hydrogens is 277 g/mol. The van der Waals surface area contributed by atoms with Crippen molar-refractivity contribution in [1.82, 2.24) is 4.98 Å². The Kier molecular flexibility index (Phi) is 3.85. The smallest absolute Gasteiger partial charge is 0.132 e. The van der Waals surface area contributed by atoms with Gasteiger partial charge in [-0.2, -0.15) is 5.26 Å². The second-order valence-corrected chi connectivity index (χ2v) is 5.42. The second kappa shape index (κ2) is 5.37. The fourth-order valence-corrected chi connectivity index (χ4v) is 2.51. The minimum Gasteiger partial charge on any atom is -0.365 e. The average Bonchev–Trinajstić information content (AvgIpc) is 2.72. The Bertz CT molecular complexity index is 574. The van der Waals surface area contributed by atoms with E-state index in [1.807, 2.05) is 18.2 Å². The molecule has 0 aliphatic carbocycles. The molecule has 1 N–H and O–H groups in total. The number of aromatic nitrogens is 1. The number of nitrogens with one attached hydrogen (secondary N) is 1. The molecule has 2 aromatic rings. The third kappa shape index (κ3) is 3.34. The molecule has 0 spiro atoms. The number of nitrogens with zero attached hydrogens (tertiary/aromatic N) is 2. The minimum absolute atomic E-state index is 0.302. The van der Waals surface area contributed by atoms with Crippen molar-refractivity contribution in [1.29, 1.82) is 5.26 Å². The summed E-state index contributed by atoms with van der Waals surface area (Å²) in [5.74, 6) is 0.582. The van der Waals surface area contributed by atoms with Gasteiger partial charge in [-0.15, -0.1) is 11.3 Å². The van der Waals surface area contributed by atoms with Gasteiger partial charge in [-0.3, -0.25) is 0 Å². The highest BCUT2D eigenvalue weighted by Crippen LogP contribution is 2.22. The van der Waals surface area contributed by atoms with E-state index in [9.17, 15) is 0 Å². The van der Waals surface area contributed by atoms with Crippen LogP contribution in [-0.2, 0) is 6.54 Å². The van der Waals surface area contributed by atoms with Crippen LogP contribution in [0.25, 0.3) is 0 Å². The topological polar surface area (TPSA) is 48.7 Å². The molecular formula is C11H7Cl2N3S. The molecule has 2 aromatic heterocycles. The first-order valence-corrected chi connectivity index (χ1v) is 6.30. The largest absolute Gasteiger partial charge is 0.365 e. The summed E-state index contributed by atoms with van der Waals surface area (Å²) in [7, 11) is 0. The van der Waals surface area contributed by atoms with Crippen molar-refractivity contribution in [3.05, 3.63) is 44.2 Å². The molecule has 0 atom stereocenters. The van der Waals surface area contributed by atoms with Crippen molar-refractivity contribution in [3.8, 4) is 6.07 Å². The van der Waals surface area contributed by atoms with Crippen LogP contribution in [0.3, 0.4) is 0 Å². The molecule has 0 aliphatic rings. The molecule has 2 rings (SSSR count). The highest BCUT2D eigenvalue weighted by Gasteiger charge is 2.02. The minimum atomic E-state index is 0.302. The van der Waals surface area contributed by atoms with E-state index in [2.05, 4.69) is 10.3 Å². The monoisotopic (exact) mass is 283 g/mol. The van der Waals surface area contributed by atoms with Gasteiger partial charge < -0.3 is 5.32 Å². The first-order valence-electron chi connectivity index (χ1n) is 4.73. The summed E-state index contributed by atoms with van der Waals surface area (Å²) in [4.78, 5) is 5.17. The van der Waals surface area contributed by atoms with Gasteiger partial charge in [-0.05, 0) is 24.3 Å². The molecule has 3 nitrogen and oxygen atoms in total. The first-order chi connectivity index (χ1) is 8.17. The Labute approximate surface area is 113 Å². The number of hydrogen-bond donors (Lipinski definition) is 1. The van der Waals surface area contributed by atoms with Crippen LogP contribution in [0.1, 0.15) is 10.4 Å². The van der Waals surface area contributed by atoms with E-state index in [4.69, 9.17) is 28.5 Å². The molecule has 0 saturated heterocycles. The lowest BCUT2D eigenvalue weighted by atomic mass is 10.3. The van der Waals surface area contributed by atoms with Crippen molar-refractivity contribution < 1.29 is 0 Å². The van der Waals surface area contributed by atoms with Crippen LogP contribution in [0.15, 0.2) is 24.3 Å². The molecule has 0 aromatic carbocycles. The van der Waals surface area contributed by atoms with Crippen LogP contribution >= 0.6 is 34.5 Å². The van der Waals surface area contributed by atoms with Crippen molar-refractivity contribution in [2.24, 2.45) is 0 Å². The number of anilines is 1. The second-order valence-electron chi connectivity index (χ2n) is 3.23. The summed E-state index contributed by atoms with van der Waals surface area (Å²) in [6, 6.07) is 8.99. The summed E-state index contributed by atoms with van der Waals surface area (Å²) >= 11 is 13.1. The normalized spacial score (nSPS) is 9.94. The molecule has 17 heavy (non-hydrogen) atoms. The highest BCUT2D eigenvalue weighted by atomic mass is 35.5. The molecule has 0 bridgehead atoms. The average molecular weight is 284 g/mol. The molecule has 0 radical (unpaired) electrons. The Morgan fingerprint density at radius 3 is 2.82 bits per heavy atom. The van der Waals surface area contributed by atoms with E-state index < -0.39 is 0 Å². The molecule has 2 heterocycles. The maximum Gasteiger partial charge on any atom is 0.132 e. The zero-order valence-electron chi connectivity index (χ0n) is 8.58. The number of thiophene rings is 1. The van der Waals surface area contributed by atoms with Gasteiger partial charge in [0.25, 0.3) is 0 Å². The van der Waals surface area contributed by atoms with E-state index in [1.54, 1.807) is 6.07 Å². The van der Waals surface area contributed by atoms with E-state index in [-0.39, 0.29) is 0 Å². The SMILES string of the molecule is N#Cc1cc(Cl)nc(NCc2ccc(Cl)s2)c1. The molecule has 0 saturated carbocycles. The fourth-order valence-electron chi connectivity index (χ4n) is 1.28. The van der Waals surface area contributed by atoms with Gasteiger partial charge in [0.2, 0.25) is 0 Å². The highest BCUT2D eigenvalue weighted by molar-refractivity contribution is 7.16. The maximum absolute atomic E-state index is 8.80. The maximum atomic E-state index is 8.80. The van der Waals surface area contributed by atoms with Gasteiger partial charge in [0.05, 0.1) is 22.5 Å². The summed E-state index contributed by atoms with van der Waals surface area (Å²) in [6.07, 6.45) is 0. The van der Waals surface area contributed by atoms with Gasteiger partial charge >= 0.3 is 0 Å². The third-order valence-electron chi connectivity index (χ3n) is 2.00. The van der Waals surface area contributed by atoms with Crippen molar-refractivity contribution in [2.45, 2.75) is 6.54 Å². The van der Waals surface area contributed by atoms with Crippen LogP contribution < -0.4 is 5.32 Å². The van der Waals surface area contributed by atoms with Crippen LogP contribution in [0, 0.1) is 11.3 Å². The Morgan fingerprint density at radius 2 is 2.18 bits per heavy atom. The third-order valence-corrected chi connectivity index (χ3v) is 3.42. The van der Waals surface area contributed by atoms with Crippen LogP contribution in [0.4, 0.5) is 5.82 Å². The van der Waals surface area contributed by atoms with Crippen LogP contribution in [0.2, 0.25) is 9.49 Å². The number of halogens is 2. The van der Waals surface area contributed by atoms with Crippen LogP contribution in [-0.4, -0.2) is 4.98 Å². The van der Waals surface area contributed by atoms with Crippen molar-refractivity contribution >= 4 is 40.4 Å². The predicted molar refractivity (Wildman–Crippen MR) is 70.6 cm³/mol. The summed E-state index contributed by atoms with van der Waals surface area (Å²) in [6.45, 7) is 0.607. The number of hydrogen-bond acceptors (Lipinski definition) is 4. The van der Waals surface area contributed by atoms with Crippen molar-refractivity contribution in [3.63, 3.8) is 0 Å². The molecule has 0 amide bonds. The zero-order valence-corrected chi connectivity index (χ0v) is 10.9. The summed E-state index contributed by atoms with van der Waals surface area (Å²) in [5, 5.41) is 12.2. The summed E-state index contributed by atoms with van der Waals surface area (Å²) in [5.41, 5.74) is 0.483. The first kappa shape index (κ1) is 12.2. The van der Waals surface area contributed by atoms with Gasteiger partial charge in [0, 0.05) is 4.88 Å². The predicted octanol–water partition coefficient (Wildman–Crippen LogP) is 3.93. The lowest BCUT2D eigenvalue weighted by molar-refractivity contribution is 1.14. The van der Waals surface area contributed by atoms with E-state index >= 15 is 0 Å². The summed E-state index contributed by atoms with van der Waals surface area (Å²) < 4.78 is 0.749. The molecule has 0 unspecified atom stereocenters. The van der Waals surface area contributed by atoms with Crippen LogP contribution in [0.5, 0.6) is 0 Å². The van der Waals surface area contributed by atoms with Crippen molar-refractivity contribution in [2.75, 3.05) is 5.32 Å². The van der Waals surface area contributed by atoms with Gasteiger partial charge in [0.1, 0.15) is 11.0 Å². The Morgan fingerprint density at radius 1 is 1.35 bits per heavy atom. The van der Waals surface area contributed by atoms with E-state index in [0.717, 1.165) is 9.21 Å². The number of nitriles is 1. The molecule has 86 valence electrons. The number of pyridine rings is 1. The number of rotatable bonds is 3. The van der Waals surface area contributed by atoms with Gasteiger partial charge in [-0.25, -0.2) is 4.98 Å². The fraction of sp³-hybridized carbons (Fsp3) is 0.0909. The van der Waals surface area contributed by atoms with E-state index in [1.165, 1.54) is 17.4 Å². The lowest BCUT2D eigenvalue weighted by Gasteiger charge is -2.04. The van der Waals surface area contributed by atoms with E-state index in [0.29, 0.717) is 23.1 Å². The zero-order chi connectivity index (χ0) is 12.3. The lowest BCUT2D eigenvalue weighted by Crippen LogP contribution is -2.00. The van der Waals surface area contributed by atoms with Gasteiger partial charge in [-0.1, -0.05) is 23.2 Å². The van der Waals surface area contributed by atoms with Gasteiger partial charge in [0.15, 0.2) is 0 Å². The quantitative estimate of drug-likeness (QED) is 0.869. The molecule has 6 heteroatoms. The Hall–Kier alpha value is -1.28.